The summed E-state index contributed by atoms with van der Waals surface area (Å²) >= 11 is 0. The van der Waals surface area contributed by atoms with Crippen molar-refractivity contribution in [3.05, 3.63) is 60.2 Å². The number of benzene rings is 2. The number of amides is 2. The van der Waals surface area contributed by atoms with Crippen LogP contribution in [0.3, 0.4) is 0 Å². The second-order valence-corrected chi connectivity index (χ2v) is 4.39. The second-order valence-electron chi connectivity index (χ2n) is 4.39. The maximum Gasteiger partial charge on any atom is 0.329 e. The Bertz CT molecular complexity index is 580. The Hall–Kier alpha value is -2.29. The topological polar surface area (TPSA) is 23.6 Å². The van der Waals surface area contributed by atoms with Crippen molar-refractivity contribution in [3.8, 4) is 0 Å². The van der Waals surface area contributed by atoms with Crippen LogP contribution in [-0.4, -0.2) is 13.1 Å². The molecule has 1 aliphatic rings. The summed E-state index contributed by atoms with van der Waals surface area (Å²) in [6, 6.07) is 17.8. The van der Waals surface area contributed by atoms with Crippen LogP contribution < -0.4 is 9.80 Å². The van der Waals surface area contributed by atoms with Crippen LogP contribution in [-0.2, 0) is 6.54 Å². The van der Waals surface area contributed by atoms with Crippen molar-refractivity contribution < 1.29 is 4.79 Å². The summed E-state index contributed by atoms with van der Waals surface area (Å²) in [6.45, 7) is 0.628. The SMILES string of the molecule is CN1C(=O)N(c2ccccc2)Cc2ccccc21. The number of carbonyl (C=O) groups excluding carboxylic acids is 1. The molecule has 0 saturated heterocycles. The van der Waals surface area contributed by atoms with Crippen LogP contribution in [0.1, 0.15) is 5.56 Å². The molecule has 2 aromatic carbocycles. The third-order valence-corrected chi connectivity index (χ3v) is 3.27. The molecule has 1 heterocycles. The smallest absolute Gasteiger partial charge is 0.297 e. The molecule has 0 fully saturated rings. The van der Waals surface area contributed by atoms with Crippen LogP contribution in [0, 0.1) is 0 Å². The minimum Gasteiger partial charge on any atom is -0.297 e. The fraction of sp³-hybridized carbons (Fsp3) is 0.133. The number of anilines is 2. The van der Waals surface area contributed by atoms with Gasteiger partial charge < -0.3 is 0 Å². The molecule has 0 atom stereocenters. The molecule has 0 aromatic heterocycles. The molecule has 1 aliphatic heterocycles. The van der Waals surface area contributed by atoms with Gasteiger partial charge in [-0.2, -0.15) is 0 Å². The molecular formula is C15H14N2O. The number of urea groups is 1. The lowest BCUT2D eigenvalue weighted by atomic mass is 10.1. The van der Waals surface area contributed by atoms with E-state index in [9.17, 15) is 4.79 Å². The van der Waals surface area contributed by atoms with Crippen molar-refractivity contribution in [2.75, 3.05) is 16.8 Å². The number of para-hydroxylation sites is 2. The van der Waals surface area contributed by atoms with E-state index < -0.39 is 0 Å². The number of hydrogen-bond acceptors (Lipinski definition) is 1. The van der Waals surface area contributed by atoms with Crippen LogP contribution in [0.25, 0.3) is 0 Å². The zero-order valence-electron chi connectivity index (χ0n) is 10.2. The van der Waals surface area contributed by atoms with E-state index in [1.807, 2.05) is 55.6 Å². The second kappa shape index (κ2) is 4.18. The van der Waals surface area contributed by atoms with Crippen molar-refractivity contribution >= 4 is 17.4 Å². The molecule has 0 N–H and O–H groups in total. The molecule has 18 heavy (non-hydrogen) atoms. The summed E-state index contributed by atoms with van der Waals surface area (Å²) in [5.74, 6) is 0. The Morgan fingerprint density at radius 3 is 2.39 bits per heavy atom. The van der Waals surface area contributed by atoms with Crippen LogP contribution in [0.2, 0.25) is 0 Å². The fourth-order valence-electron chi connectivity index (χ4n) is 2.30. The van der Waals surface area contributed by atoms with E-state index >= 15 is 0 Å². The van der Waals surface area contributed by atoms with Crippen LogP contribution >= 0.6 is 0 Å². The number of carbonyl (C=O) groups is 1. The third kappa shape index (κ3) is 1.64. The van der Waals surface area contributed by atoms with Gasteiger partial charge in [0.05, 0.1) is 12.2 Å². The van der Waals surface area contributed by atoms with Crippen molar-refractivity contribution in [2.45, 2.75) is 6.54 Å². The van der Waals surface area contributed by atoms with Gasteiger partial charge in [-0.05, 0) is 23.8 Å². The zero-order chi connectivity index (χ0) is 12.5. The van der Waals surface area contributed by atoms with Crippen molar-refractivity contribution in [3.63, 3.8) is 0 Å². The van der Waals surface area contributed by atoms with Gasteiger partial charge >= 0.3 is 6.03 Å². The Balaban J connectivity index is 2.04. The molecule has 3 rings (SSSR count). The monoisotopic (exact) mass is 238 g/mol. The van der Waals surface area contributed by atoms with Crippen LogP contribution in [0.15, 0.2) is 54.6 Å². The Labute approximate surface area is 106 Å². The Kier molecular flexibility index (Phi) is 2.52. The summed E-state index contributed by atoms with van der Waals surface area (Å²) in [5.41, 5.74) is 3.10. The summed E-state index contributed by atoms with van der Waals surface area (Å²) in [4.78, 5) is 15.8. The molecule has 3 nitrogen and oxygen atoms in total. The average molecular weight is 238 g/mol. The lowest BCUT2D eigenvalue weighted by Crippen LogP contribution is -2.45. The highest BCUT2D eigenvalue weighted by molar-refractivity contribution is 6.05. The number of rotatable bonds is 1. The summed E-state index contributed by atoms with van der Waals surface area (Å²) < 4.78 is 0. The van der Waals surface area contributed by atoms with Gasteiger partial charge in [-0.15, -0.1) is 0 Å². The maximum atomic E-state index is 12.3. The Morgan fingerprint density at radius 2 is 1.61 bits per heavy atom. The summed E-state index contributed by atoms with van der Waals surface area (Å²) in [6.07, 6.45) is 0. The molecule has 2 aromatic rings. The van der Waals surface area contributed by atoms with Gasteiger partial charge in [-0.3, -0.25) is 9.80 Å². The van der Waals surface area contributed by atoms with Crippen LogP contribution in [0.4, 0.5) is 16.2 Å². The molecular weight excluding hydrogens is 224 g/mol. The third-order valence-electron chi connectivity index (χ3n) is 3.27. The van der Waals surface area contributed by atoms with E-state index in [1.54, 1.807) is 9.80 Å². The van der Waals surface area contributed by atoms with E-state index in [4.69, 9.17) is 0 Å². The molecule has 2 amide bonds. The van der Waals surface area contributed by atoms with Crippen LogP contribution in [0.5, 0.6) is 0 Å². The molecule has 0 spiro atoms. The highest BCUT2D eigenvalue weighted by atomic mass is 16.2. The van der Waals surface area contributed by atoms with E-state index in [-0.39, 0.29) is 6.03 Å². The van der Waals surface area contributed by atoms with E-state index in [1.165, 1.54) is 5.56 Å². The van der Waals surface area contributed by atoms with Gasteiger partial charge in [0.25, 0.3) is 0 Å². The van der Waals surface area contributed by atoms with Crippen molar-refractivity contribution in [1.82, 2.24) is 0 Å². The van der Waals surface area contributed by atoms with Crippen molar-refractivity contribution in [1.29, 1.82) is 0 Å². The molecule has 0 unspecified atom stereocenters. The summed E-state index contributed by atoms with van der Waals surface area (Å²) in [7, 11) is 1.82. The lowest BCUT2D eigenvalue weighted by molar-refractivity contribution is 0.251. The van der Waals surface area contributed by atoms with Gasteiger partial charge in [0.1, 0.15) is 0 Å². The number of hydrogen-bond donors (Lipinski definition) is 0. The van der Waals surface area contributed by atoms with Gasteiger partial charge in [0.2, 0.25) is 0 Å². The first-order valence-electron chi connectivity index (χ1n) is 5.95. The largest absolute Gasteiger partial charge is 0.329 e. The van der Waals surface area contributed by atoms with E-state index in [0.717, 1.165) is 11.4 Å². The van der Waals surface area contributed by atoms with Gasteiger partial charge in [-0.25, -0.2) is 4.79 Å². The highest BCUT2D eigenvalue weighted by Gasteiger charge is 2.27. The quantitative estimate of drug-likeness (QED) is 0.748. The molecule has 0 radical (unpaired) electrons. The molecule has 90 valence electrons. The number of nitrogens with zero attached hydrogens (tertiary/aromatic N) is 2. The standard InChI is InChI=1S/C15H14N2O/c1-16-14-10-6-5-7-12(14)11-17(15(16)18)13-8-3-2-4-9-13/h2-10H,11H2,1H3. The first-order chi connectivity index (χ1) is 8.77. The first kappa shape index (κ1) is 10.8. The minimum absolute atomic E-state index is 0.0138. The molecule has 0 aliphatic carbocycles. The highest BCUT2D eigenvalue weighted by Crippen LogP contribution is 2.30. The first-order valence-corrected chi connectivity index (χ1v) is 5.95. The Morgan fingerprint density at radius 1 is 0.944 bits per heavy atom. The van der Waals surface area contributed by atoms with Crippen molar-refractivity contribution in [2.24, 2.45) is 0 Å². The zero-order valence-corrected chi connectivity index (χ0v) is 10.2. The average Bonchev–Trinajstić information content (AvgIpc) is 2.44. The molecule has 0 bridgehead atoms. The minimum atomic E-state index is 0.0138. The number of fused-ring (bicyclic) bond motifs is 1. The van der Waals surface area contributed by atoms with Gasteiger partial charge in [0, 0.05) is 12.7 Å². The normalized spacial score (nSPS) is 14.6. The van der Waals surface area contributed by atoms with Gasteiger partial charge in [-0.1, -0.05) is 36.4 Å². The maximum absolute atomic E-state index is 12.3. The lowest BCUT2D eigenvalue weighted by Gasteiger charge is -2.34. The predicted octanol–water partition coefficient (Wildman–Crippen LogP) is 3.26. The molecule has 0 saturated carbocycles. The molecule has 3 heteroatoms. The van der Waals surface area contributed by atoms with E-state index in [2.05, 4.69) is 6.07 Å². The summed E-state index contributed by atoms with van der Waals surface area (Å²) in [5, 5.41) is 0. The van der Waals surface area contributed by atoms with Gasteiger partial charge in [0.15, 0.2) is 0 Å². The van der Waals surface area contributed by atoms with E-state index in [0.29, 0.717) is 6.54 Å². The fourth-order valence-corrected chi connectivity index (χ4v) is 2.30. The predicted molar refractivity (Wildman–Crippen MR) is 72.9 cm³/mol.